The lowest BCUT2D eigenvalue weighted by Gasteiger charge is -2.39. The zero-order valence-electron chi connectivity index (χ0n) is 20.3. The van der Waals surface area contributed by atoms with Crippen LogP contribution in [0.5, 0.6) is 0 Å². The first-order chi connectivity index (χ1) is 18.5. The highest BCUT2D eigenvalue weighted by Crippen LogP contribution is 2.41. The average Bonchev–Trinajstić information content (AvgIpc) is 2.97. The number of hydrogen-bond acceptors (Lipinski definition) is 7. The van der Waals surface area contributed by atoms with Crippen molar-refractivity contribution in [2.75, 3.05) is 6.61 Å². The molecular weight excluding hydrogens is 484 g/mol. The van der Waals surface area contributed by atoms with E-state index in [2.05, 4.69) is 4.98 Å². The number of aromatic nitrogens is 1. The van der Waals surface area contributed by atoms with Crippen molar-refractivity contribution in [2.45, 2.75) is 23.9 Å². The van der Waals surface area contributed by atoms with E-state index in [1.807, 2.05) is 91.0 Å². The molecule has 0 unspecified atom stereocenters. The molecule has 0 fully saturated rings. The zero-order chi connectivity index (χ0) is 26.5. The first-order valence-corrected chi connectivity index (χ1v) is 12.1. The molecular formula is C30H26N2O6. The third-order valence-corrected chi connectivity index (χ3v) is 6.60. The highest BCUT2D eigenvalue weighted by molar-refractivity contribution is 5.68. The molecule has 1 aliphatic rings. The molecule has 192 valence electrons. The molecule has 5 rings (SSSR count). The molecule has 4 aromatic rings. The second-order valence-corrected chi connectivity index (χ2v) is 8.91. The van der Waals surface area contributed by atoms with Crippen molar-refractivity contribution in [1.29, 1.82) is 0 Å². The summed E-state index contributed by atoms with van der Waals surface area (Å²) in [5.74, 6) is 0.0789. The Morgan fingerprint density at radius 2 is 1.39 bits per heavy atom. The fraction of sp³-hybridized carbons (Fsp3) is 0.167. The third kappa shape index (κ3) is 4.80. The van der Waals surface area contributed by atoms with Crippen LogP contribution in [0.2, 0.25) is 0 Å². The normalized spacial score (nSPS) is 19.3. The second kappa shape index (κ2) is 10.9. The van der Waals surface area contributed by atoms with Gasteiger partial charge in [-0.2, -0.15) is 0 Å². The number of aliphatic hydroxyl groups is 2. The monoisotopic (exact) mass is 510 g/mol. The van der Waals surface area contributed by atoms with E-state index in [0.29, 0.717) is 0 Å². The number of hydrogen-bond donors (Lipinski definition) is 2. The summed E-state index contributed by atoms with van der Waals surface area (Å²) in [6, 6.07) is 30.6. The topological polar surface area (TPSA) is 115 Å². The van der Waals surface area contributed by atoms with Crippen LogP contribution in [0.15, 0.2) is 116 Å². The lowest BCUT2D eigenvalue weighted by atomic mass is 9.80. The van der Waals surface area contributed by atoms with Crippen molar-refractivity contribution in [3.63, 3.8) is 0 Å². The van der Waals surface area contributed by atoms with Gasteiger partial charge in [-0.15, -0.1) is 0 Å². The zero-order valence-corrected chi connectivity index (χ0v) is 20.3. The van der Waals surface area contributed by atoms with E-state index in [9.17, 15) is 20.3 Å². The summed E-state index contributed by atoms with van der Waals surface area (Å²) in [6.07, 6.45) is 0.129. The van der Waals surface area contributed by atoms with Crippen LogP contribution in [-0.4, -0.2) is 45.0 Å². The standard InChI is InChI=1S/C30H26N2O6/c33-26-18-27(24-16-17-31-19-25(24)32(35)36)38-28(29(26)34)20-37-30(21-10-4-1-5-11-21,22-12-6-2-7-13-22)23-14-8-3-9-15-23/h1-19,26,28-29,33-34H,20H2/t26-,28-,29+/m1/s1. The van der Waals surface area contributed by atoms with Gasteiger partial charge in [-0.1, -0.05) is 91.0 Å². The Balaban J connectivity index is 1.54. The molecule has 0 aliphatic carbocycles. The summed E-state index contributed by atoms with van der Waals surface area (Å²) in [6.45, 7) is -0.132. The van der Waals surface area contributed by atoms with E-state index < -0.39 is 28.8 Å². The third-order valence-electron chi connectivity index (χ3n) is 6.60. The highest BCUT2D eigenvalue weighted by Gasteiger charge is 2.41. The van der Waals surface area contributed by atoms with Gasteiger partial charge < -0.3 is 19.7 Å². The minimum atomic E-state index is -1.32. The van der Waals surface area contributed by atoms with Gasteiger partial charge in [0.2, 0.25) is 0 Å². The maximum atomic E-state index is 11.6. The lowest BCUT2D eigenvalue weighted by Crippen LogP contribution is -2.46. The fourth-order valence-electron chi connectivity index (χ4n) is 4.75. The van der Waals surface area contributed by atoms with Crippen molar-refractivity contribution in [3.8, 4) is 0 Å². The summed E-state index contributed by atoms with van der Waals surface area (Å²) in [5, 5.41) is 33.1. The minimum absolute atomic E-state index is 0.0789. The minimum Gasteiger partial charge on any atom is -0.485 e. The first-order valence-electron chi connectivity index (χ1n) is 12.1. The Labute approximate surface area is 219 Å². The molecule has 0 amide bonds. The molecule has 0 bridgehead atoms. The summed E-state index contributed by atoms with van der Waals surface area (Å²) < 4.78 is 12.8. The van der Waals surface area contributed by atoms with Gasteiger partial charge in [0.05, 0.1) is 17.1 Å². The number of nitrogens with zero attached hydrogens (tertiary/aromatic N) is 2. The van der Waals surface area contributed by atoms with Crippen LogP contribution in [0.3, 0.4) is 0 Å². The van der Waals surface area contributed by atoms with Crippen molar-refractivity contribution in [3.05, 3.63) is 148 Å². The molecule has 8 heteroatoms. The van der Waals surface area contributed by atoms with Crippen LogP contribution < -0.4 is 0 Å². The SMILES string of the molecule is O=[N+]([O-])c1cnccc1C1=C[C@@H](O)[C@H](O)[C@@H](COC(c2ccccc2)(c2ccccc2)c2ccccc2)O1. The molecule has 0 saturated carbocycles. The van der Waals surface area contributed by atoms with E-state index in [4.69, 9.17) is 9.47 Å². The Morgan fingerprint density at radius 3 is 1.89 bits per heavy atom. The van der Waals surface area contributed by atoms with Crippen LogP contribution in [0.1, 0.15) is 22.3 Å². The Kier molecular flexibility index (Phi) is 7.28. The van der Waals surface area contributed by atoms with Crippen LogP contribution in [0.4, 0.5) is 5.69 Å². The molecule has 0 spiro atoms. The van der Waals surface area contributed by atoms with Gasteiger partial charge in [0, 0.05) is 6.20 Å². The van der Waals surface area contributed by atoms with Gasteiger partial charge in [0.25, 0.3) is 5.69 Å². The van der Waals surface area contributed by atoms with Gasteiger partial charge in [-0.05, 0) is 28.8 Å². The van der Waals surface area contributed by atoms with Crippen molar-refractivity contribution < 1.29 is 24.6 Å². The first kappa shape index (κ1) is 25.3. The molecule has 0 saturated heterocycles. The molecule has 1 aliphatic heterocycles. The van der Waals surface area contributed by atoms with Crippen molar-refractivity contribution >= 4 is 11.4 Å². The maximum absolute atomic E-state index is 11.6. The number of aliphatic hydroxyl groups excluding tert-OH is 2. The van der Waals surface area contributed by atoms with Crippen LogP contribution in [0.25, 0.3) is 5.76 Å². The van der Waals surface area contributed by atoms with Crippen molar-refractivity contribution in [2.24, 2.45) is 0 Å². The Bertz CT molecular complexity index is 1320. The Hall–Kier alpha value is -4.37. The number of nitro groups is 1. The molecule has 3 aromatic carbocycles. The second-order valence-electron chi connectivity index (χ2n) is 8.91. The number of ether oxygens (including phenoxy) is 2. The van der Waals surface area contributed by atoms with Gasteiger partial charge in [-0.3, -0.25) is 15.1 Å². The highest BCUT2D eigenvalue weighted by atomic mass is 16.6. The van der Waals surface area contributed by atoms with Crippen LogP contribution in [0, 0.1) is 10.1 Å². The molecule has 2 N–H and O–H groups in total. The van der Waals surface area contributed by atoms with Crippen molar-refractivity contribution in [1.82, 2.24) is 4.98 Å². The van der Waals surface area contributed by atoms with Gasteiger partial charge in [0.1, 0.15) is 29.8 Å². The summed E-state index contributed by atoms with van der Waals surface area (Å²) in [7, 11) is 0. The van der Waals surface area contributed by atoms with E-state index in [-0.39, 0.29) is 23.6 Å². The average molecular weight is 511 g/mol. The quantitative estimate of drug-likeness (QED) is 0.204. The lowest BCUT2D eigenvalue weighted by molar-refractivity contribution is -0.385. The van der Waals surface area contributed by atoms with E-state index in [1.54, 1.807) is 0 Å². The molecule has 38 heavy (non-hydrogen) atoms. The molecule has 3 atom stereocenters. The fourth-order valence-corrected chi connectivity index (χ4v) is 4.75. The summed E-state index contributed by atoms with van der Waals surface area (Å²) in [4.78, 5) is 14.8. The molecule has 1 aromatic heterocycles. The van der Waals surface area contributed by atoms with Gasteiger partial charge >= 0.3 is 0 Å². The van der Waals surface area contributed by atoms with Crippen LogP contribution >= 0.6 is 0 Å². The maximum Gasteiger partial charge on any atom is 0.298 e. The summed E-state index contributed by atoms with van der Waals surface area (Å²) >= 11 is 0. The predicted octanol–water partition coefficient (Wildman–Crippen LogP) is 4.46. The molecule has 0 radical (unpaired) electrons. The number of benzene rings is 3. The number of pyridine rings is 1. The molecule has 8 nitrogen and oxygen atoms in total. The van der Waals surface area contributed by atoms with E-state index >= 15 is 0 Å². The smallest absolute Gasteiger partial charge is 0.298 e. The van der Waals surface area contributed by atoms with Gasteiger partial charge in [0.15, 0.2) is 6.10 Å². The van der Waals surface area contributed by atoms with Crippen LogP contribution in [-0.2, 0) is 15.1 Å². The van der Waals surface area contributed by atoms with E-state index in [0.717, 1.165) is 22.9 Å². The predicted molar refractivity (Wildman–Crippen MR) is 141 cm³/mol. The number of rotatable bonds is 8. The Morgan fingerprint density at radius 1 is 0.868 bits per heavy atom. The van der Waals surface area contributed by atoms with Gasteiger partial charge in [-0.25, -0.2) is 0 Å². The molecule has 2 heterocycles. The summed E-state index contributed by atoms with van der Waals surface area (Å²) in [5.41, 5.74) is 1.41. The largest absolute Gasteiger partial charge is 0.485 e. The van der Waals surface area contributed by atoms with E-state index in [1.165, 1.54) is 18.3 Å².